The molecule has 2 heterocycles. The Balaban J connectivity index is 1.54. The number of carbonyl (C=O) groups excluding carboxylic acids is 2. The van der Waals surface area contributed by atoms with E-state index in [-0.39, 0.29) is 36.2 Å². The van der Waals surface area contributed by atoms with Crippen LogP contribution in [0.5, 0.6) is 11.5 Å². The third-order valence-electron chi connectivity index (χ3n) is 6.71. The normalized spacial score (nSPS) is 18.6. The van der Waals surface area contributed by atoms with Crippen LogP contribution in [-0.4, -0.2) is 68.0 Å². The van der Waals surface area contributed by atoms with E-state index in [1.165, 1.54) is 17.1 Å². The van der Waals surface area contributed by atoms with Crippen LogP contribution < -0.4 is 9.47 Å². The highest BCUT2D eigenvalue weighted by Crippen LogP contribution is 2.39. The second kappa shape index (κ2) is 11.5. The van der Waals surface area contributed by atoms with E-state index in [9.17, 15) is 14.0 Å². The molecule has 0 spiro atoms. The molecule has 0 saturated carbocycles. The number of piperidine rings is 1. The van der Waals surface area contributed by atoms with Crippen LogP contribution in [-0.2, 0) is 14.3 Å². The lowest BCUT2D eigenvalue weighted by Crippen LogP contribution is -2.43. The lowest BCUT2D eigenvalue weighted by atomic mass is 9.96. The quantitative estimate of drug-likeness (QED) is 0.516. The number of esters is 1. The van der Waals surface area contributed by atoms with Gasteiger partial charge in [0.2, 0.25) is 0 Å². The first-order valence-electron chi connectivity index (χ1n) is 12.2. The molecule has 0 aliphatic carbocycles. The van der Waals surface area contributed by atoms with E-state index in [0.717, 1.165) is 11.1 Å². The molecular weight excluding hydrogens is 465 g/mol. The Morgan fingerprint density at radius 3 is 2.42 bits per heavy atom. The van der Waals surface area contributed by atoms with Crippen LogP contribution in [0.25, 0.3) is 0 Å². The first-order chi connectivity index (χ1) is 17.4. The summed E-state index contributed by atoms with van der Waals surface area (Å²) in [5.41, 5.74) is 2.28. The summed E-state index contributed by atoms with van der Waals surface area (Å²) in [5.74, 6) is 0.485. The number of rotatable bonds is 8. The maximum atomic E-state index is 13.5. The number of likely N-dealkylation sites (tertiary alicyclic amines) is 1. The number of ether oxygens (including phenoxy) is 3. The molecule has 4 rings (SSSR count). The van der Waals surface area contributed by atoms with Gasteiger partial charge in [0, 0.05) is 18.1 Å². The second-order valence-corrected chi connectivity index (χ2v) is 8.92. The van der Waals surface area contributed by atoms with Gasteiger partial charge in [-0.3, -0.25) is 14.5 Å². The Labute approximate surface area is 210 Å². The average Bonchev–Trinajstić information content (AvgIpc) is 3.34. The van der Waals surface area contributed by atoms with E-state index in [0.29, 0.717) is 56.2 Å². The topological polar surface area (TPSA) is 80.7 Å². The van der Waals surface area contributed by atoms with E-state index in [1.54, 1.807) is 39.3 Å². The lowest BCUT2D eigenvalue weighted by Gasteiger charge is -2.32. The van der Waals surface area contributed by atoms with E-state index in [1.807, 2.05) is 17.0 Å². The predicted molar refractivity (Wildman–Crippen MR) is 132 cm³/mol. The van der Waals surface area contributed by atoms with Gasteiger partial charge in [0.05, 0.1) is 45.0 Å². The molecule has 0 N–H and O–H groups in total. The summed E-state index contributed by atoms with van der Waals surface area (Å²) in [6.45, 7) is 3.63. The predicted octanol–water partition coefficient (Wildman–Crippen LogP) is 3.80. The summed E-state index contributed by atoms with van der Waals surface area (Å²) in [5, 5.41) is 6.20. The number of nitrogens with zero attached hydrogens (tertiary/aromatic N) is 3. The van der Waals surface area contributed by atoms with Crippen molar-refractivity contribution in [3.8, 4) is 11.5 Å². The minimum atomic E-state index is -0.379. The zero-order chi connectivity index (χ0) is 25.7. The molecule has 8 nitrogen and oxygen atoms in total. The summed E-state index contributed by atoms with van der Waals surface area (Å²) in [4.78, 5) is 27.6. The van der Waals surface area contributed by atoms with Crippen LogP contribution in [0.1, 0.15) is 43.4 Å². The fourth-order valence-electron chi connectivity index (χ4n) is 4.74. The van der Waals surface area contributed by atoms with Gasteiger partial charge in [-0.2, -0.15) is 5.10 Å². The monoisotopic (exact) mass is 497 g/mol. The fraction of sp³-hybridized carbons (Fsp3) is 0.444. The molecule has 1 saturated heterocycles. The molecule has 0 unspecified atom stereocenters. The molecule has 1 atom stereocenters. The first-order valence-corrected chi connectivity index (χ1v) is 12.2. The Bertz CT molecular complexity index is 1110. The summed E-state index contributed by atoms with van der Waals surface area (Å²) in [6.07, 6.45) is 1.78. The van der Waals surface area contributed by atoms with Crippen molar-refractivity contribution in [3.05, 3.63) is 59.4 Å². The van der Waals surface area contributed by atoms with Gasteiger partial charge in [-0.1, -0.05) is 12.1 Å². The minimum Gasteiger partial charge on any atom is -0.497 e. The number of hydrazone groups is 1. The van der Waals surface area contributed by atoms with E-state index < -0.39 is 0 Å². The Morgan fingerprint density at radius 2 is 1.78 bits per heavy atom. The van der Waals surface area contributed by atoms with Gasteiger partial charge >= 0.3 is 5.97 Å². The molecule has 2 aromatic rings. The van der Waals surface area contributed by atoms with Crippen molar-refractivity contribution in [3.63, 3.8) is 0 Å². The van der Waals surface area contributed by atoms with Crippen molar-refractivity contribution in [2.45, 2.75) is 32.2 Å². The molecule has 0 radical (unpaired) electrons. The third kappa shape index (κ3) is 5.67. The number of carbonyl (C=O) groups is 2. The zero-order valence-corrected chi connectivity index (χ0v) is 20.9. The van der Waals surface area contributed by atoms with Crippen molar-refractivity contribution < 1.29 is 28.2 Å². The molecule has 0 aromatic heterocycles. The molecule has 0 bridgehead atoms. The molecule has 36 heavy (non-hydrogen) atoms. The number of halogens is 1. The van der Waals surface area contributed by atoms with Gasteiger partial charge in [0.1, 0.15) is 17.3 Å². The molecular formula is C27H32FN3O5. The molecule has 9 heteroatoms. The third-order valence-corrected chi connectivity index (χ3v) is 6.71. The number of benzene rings is 2. The minimum absolute atomic E-state index is 0.123. The van der Waals surface area contributed by atoms with Crippen molar-refractivity contribution in [1.29, 1.82) is 0 Å². The SMILES string of the molecule is CCOC(=O)C1CCN(CC(=O)N2N=C(c3ccc(F)cc3)C[C@H]2c2ccc(OC)cc2OC)CC1. The second-order valence-electron chi connectivity index (χ2n) is 8.92. The van der Waals surface area contributed by atoms with Gasteiger partial charge in [-0.25, -0.2) is 9.40 Å². The summed E-state index contributed by atoms with van der Waals surface area (Å²) in [6, 6.07) is 11.2. The summed E-state index contributed by atoms with van der Waals surface area (Å²) < 4.78 is 29.6. The van der Waals surface area contributed by atoms with Gasteiger partial charge in [-0.05, 0) is 62.7 Å². The van der Waals surface area contributed by atoms with Crippen LogP contribution in [0.4, 0.5) is 4.39 Å². The molecule has 2 aliphatic rings. The number of hydrogen-bond acceptors (Lipinski definition) is 7. The van der Waals surface area contributed by atoms with Crippen molar-refractivity contribution in [2.75, 3.05) is 40.5 Å². The molecule has 2 aliphatic heterocycles. The average molecular weight is 498 g/mol. The Kier molecular flexibility index (Phi) is 8.20. The largest absolute Gasteiger partial charge is 0.497 e. The molecule has 2 aromatic carbocycles. The Morgan fingerprint density at radius 1 is 1.06 bits per heavy atom. The van der Waals surface area contributed by atoms with Crippen LogP contribution >= 0.6 is 0 Å². The Hall–Kier alpha value is -3.46. The van der Waals surface area contributed by atoms with Crippen LogP contribution in [0.2, 0.25) is 0 Å². The maximum absolute atomic E-state index is 13.5. The maximum Gasteiger partial charge on any atom is 0.309 e. The smallest absolute Gasteiger partial charge is 0.309 e. The fourth-order valence-corrected chi connectivity index (χ4v) is 4.74. The zero-order valence-electron chi connectivity index (χ0n) is 20.9. The van der Waals surface area contributed by atoms with E-state index in [2.05, 4.69) is 5.10 Å². The highest BCUT2D eigenvalue weighted by molar-refractivity contribution is 6.03. The lowest BCUT2D eigenvalue weighted by molar-refractivity contribution is -0.149. The van der Waals surface area contributed by atoms with E-state index >= 15 is 0 Å². The highest BCUT2D eigenvalue weighted by atomic mass is 19.1. The summed E-state index contributed by atoms with van der Waals surface area (Å²) >= 11 is 0. The van der Waals surface area contributed by atoms with Crippen LogP contribution in [0.15, 0.2) is 47.6 Å². The van der Waals surface area contributed by atoms with Crippen molar-refractivity contribution in [1.82, 2.24) is 9.91 Å². The first kappa shape index (κ1) is 25.6. The van der Waals surface area contributed by atoms with E-state index in [4.69, 9.17) is 14.2 Å². The molecule has 1 amide bonds. The molecule has 192 valence electrons. The van der Waals surface area contributed by atoms with Crippen molar-refractivity contribution >= 4 is 17.6 Å². The number of hydrogen-bond donors (Lipinski definition) is 0. The van der Waals surface area contributed by atoms with Crippen LogP contribution in [0, 0.1) is 11.7 Å². The van der Waals surface area contributed by atoms with Gasteiger partial charge < -0.3 is 14.2 Å². The van der Waals surface area contributed by atoms with Gasteiger partial charge in [0.25, 0.3) is 5.91 Å². The number of amides is 1. The van der Waals surface area contributed by atoms with Gasteiger partial charge in [0.15, 0.2) is 0 Å². The summed E-state index contributed by atoms with van der Waals surface area (Å²) in [7, 11) is 3.16. The molecule has 1 fully saturated rings. The van der Waals surface area contributed by atoms with Crippen molar-refractivity contribution in [2.24, 2.45) is 11.0 Å². The standard InChI is InChI=1S/C27H32FN3O5/c1-4-36-27(33)19-11-13-30(14-12-19)17-26(32)31-24(22-10-9-21(34-2)15-25(22)35-3)16-23(29-31)18-5-7-20(28)8-6-18/h5-10,15,19,24H,4,11-14,16-17H2,1-3H3/t24-/m0/s1. The van der Waals surface area contributed by atoms with Crippen LogP contribution in [0.3, 0.4) is 0 Å². The number of methoxy groups -OCH3 is 2. The highest BCUT2D eigenvalue weighted by Gasteiger charge is 2.36. The van der Waals surface area contributed by atoms with Gasteiger partial charge in [-0.15, -0.1) is 0 Å².